The molecule has 3 nitrogen and oxygen atoms in total. The number of benzene rings is 1. The molecule has 112 valence electrons. The highest BCUT2D eigenvalue weighted by molar-refractivity contribution is 7.89. The molecule has 1 aliphatic rings. The standard InChI is InChI=1S/C16H25NO2S/c17-20(18,19)16-12-10-15(11-13-16)9-5-4-8-14-6-2-1-3-7-14/h10-14H,1-9H2,(H2,17,18,19). The predicted molar refractivity (Wildman–Crippen MR) is 81.9 cm³/mol. The molecule has 0 unspecified atom stereocenters. The molecule has 1 saturated carbocycles. The first-order valence-corrected chi connectivity index (χ1v) is 9.22. The maximum Gasteiger partial charge on any atom is 0.238 e. The molecule has 0 aromatic heterocycles. The van der Waals surface area contributed by atoms with E-state index in [1.165, 1.54) is 56.9 Å². The molecule has 0 aliphatic heterocycles. The Kier molecular flexibility index (Phi) is 5.61. The van der Waals surface area contributed by atoms with Gasteiger partial charge < -0.3 is 0 Å². The van der Waals surface area contributed by atoms with Gasteiger partial charge in [-0.05, 0) is 36.5 Å². The normalized spacial score (nSPS) is 17.2. The van der Waals surface area contributed by atoms with Gasteiger partial charge in [0.2, 0.25) is 10.0 Å². The Bertz CT molecular complexity index is 502. The minimum atomic E-state index is -3.56. The molecule has 0 amide bonds. The number of hydrogen-bond donors (Lipinski definition) is 1. The molecular weight excluding hydrogens is 270 g/mol. The lowest BCUT2D eigenvalue weighted by Crippen LogP contribution is -2.11. The lowest BCUT2D eigenvalue weighted by atomic mass is 9.85. The van der Waals surface area contributed by atoms with E-state index in [0.717, 1.165) is 12.3 Å². The fourth-order valence-corrected chi connectivity index (χ4v) is 3.60. The first-order valence-electron chi connectivity index (χ1n) is 7.67. The second kappa shape index (κ2) is 7.23. The van der Waals surface area contributed by atoms with Crippen LogP contribution in [0.2, 0.25) is 0 Å². The topological polar surface area (TPSA) is 60.2 Å². The Morgan fingerprint density at radius 2 is 1.65 bits per heavy atom. The Morgan fingerprint density at radius 3 is 2.25 bits per heavy atom. The van der Waals surface area contributed by atoms with Gasteiger partial charge >= 0.3 is 0 Å². The summed E-state index contributed by atoms with van der Waals surface area (Å²) in [6.07, 6.45) is 11.9. The summed E-state index contributed by atoms with van der Waals surface area (Å²) in [5.74, 6) is 0.952. The molecule has 0 saturated heterocycles. The monoisotopic (exact) mass is 295 g/mol. The number of hydrogen-bond acceptors (Lipinski definition) is 2. The van der Waals surface area contributed by atoms with Crippen molar-refractivity contribution < 1.29 is 8.42 Å². The Morgan fingerprint density at radius 1 is 1.00 bits per heavy atom. The van der Waals surface area contributed by atoms with Crippen molar-refractivity contribution in [2.45, 2.75) is 62.7 Å². The molecule has 20 heavy (non-hydrogen) atoms. The van der Waals surface area contributed by atoms with Crippen molar-refractivity contribution >= 4 is 10.0 Å². The van der Waals surface area contributed by atoms with Crippen LogP contribution in [0, 0.1) is 5.92 Å². The van der Waals surface area contributed by atoms with E-state index in [4.69, 9.17) is 5.14 Å². The van der Waals surface area contributed by atoms with Crippen LogP contribution in [-0.2, 0) is 16.4 Å². The number of primary sulfonamides is 1. The maximum absolute atomic E-state index is 11.2. The average molecular weight is 295 g/mol. The summed E-state index contributed by atoms with van der Waals surface area (Å²) in [5.41, 5.74) is 1.20. The van der Waals surface area contributed by atoms with E-state index in [0.29, 0.717) is 0 Å². The van der Waals surface area contributed by atoms with Crippen LogP contribution in [0.4, 0.5) is 0 Å². The molecule has 0 bridgehead atoms. The third-order valence-electron chi connectivity index (χ3n) is 4.30. The summed E-state index contributed by atoms with van der Waals surface area (Å²) in [4.78, 5) is 0.198. The van der Waals surface area contributed by atoms with E-state index >= 15 is 0 Å². The van der Waals surface area contributed by atoms with Crippen molar-refractivity contribution in [3.63, 3.8) is 0 Å². The van der Waals surface area contributed by atoms with Crippen LogP contribution in [0.1, 0.15) is 56.9 Å². The van der Waals surface area contributed by atoms with Gasteiger partial charge in [-0.1, -0.05) is 57.1 Å². The molecule has 2 N–H and O–H groups in total. The minimum Gasteiger partial charge on any atom is -0.225 e. The van der Waals surface area contributed by atoms with Crippen LogP contribution in [0.15, 0.2) is 29.2 Å². The summed E-state index contributed by atoms with van der Waals surface area (Å²) in [5, 5.41) is 5.08. The lowest BCUT2D eigenvalue weighted by molar-refractivity contribution is 0.330. The smallest absolute Gasteiger partial charge is 0.225 e. The van der Waals surface area contributed by atoms with Crippen LogP contribution in [-0.4, -0.2) is 8.42 Å². The van der Waals surface area contributed by atoms with E-state index in [-0.39, 0.29) is 4.90 Å². The van der Waals surface area contributed by atoms with Crippen molar-refractivity contribution in [1.82, 2.24) is 0 Å². The summed E-state index contributed by atoms with van der Waals surface area (Å²) in [7, 11) is -3.56. The molecule has 4 heteroatoms. The molecule has 0 atom stereocenters. The zero-order chi connectivity index (χ0) is 14.4. The number of unbranched alkanes of at least 4 members (excludes halogenated alkanes) is 1. The van der Waals surface area contributed by atoms with E-state index in [9.17, 15) is 8.42 Å². The zero-order valence-corrected chi connectivity index (χ0v) is 12.9. The van der Waals surface area contributed by atoms with Gasteiger partial charge in [-0.3, -0.25) is 0 Å². The molecule has 2 rings (SSSR count). The first kappa shape index (κ1) is 15.5. The fraction of sp³-hybridized carbons (Fsp3) is 0.625. The van der Waals surface area contributed by atoms with Crippen LogP contribution < -0.4 is 5.14 Å². The Hall–Kier alpha value is -0.870. The van der Waals surface area contributed by atoms with Crippen molar-refractivity contribution in [2.75, 3.05) is 0 Å². The number of aryl methyl sites for hydroxylation is 1. The molecule has 0 radical (unpaired) electrons. The van der Waals surface area contributed by atoms with Crippen molar-refractivity contribution in [2.24, 2.45) is 11.1 Å². The van der Waals surface area contributed by atoms with Crippen molar-refractivity contribution in [1.29, 1.82) is 0 Å². The molecular formula is C16H25NO2S. The van der Waals surface area contributed by atoms with Crippen LogP contribution in [0.25, 0.3) is 0 Å². The number of nitrogens with two attached hydrogens (primary N) is 1. The van der Waals surface area contributed by atoms with E-state index in [1.807, 2.05) is 12.1 Å². The van der Waals surface area contributed by atoms with Gasteiger partial charge in [0.15, 0.2) is 0 Å². The molecule has 0 heterocycles. The van der Waals surface area contributed by atoms with Gasteiger partial charge in [-0.2, -0.15) is 0 Å². The quantitative estimate of drug-likeness (QED) is 0.815. The third-order valence-corrected chi connectivity index (χ3v) is 5.23. The predicted octanol–water partition coefficient (Wildman–Crippen LogP) is 3.63. The van der Waals surface area contributed by atoms with Gasteiger partial charge in [0.25, 0.3) is 0 Å². The second-order valence-electron chi connectivity index (χ2n) is 5.94. The SMILES string of the molecule is NS(=O)(=O)c1ccc(CCCCC2CCCCC2)cc1. The molecule has 1 aromatic carbocycles. The highest BCUT2D eigenvalue weighted by atomic mass is 32.2. The van der Waals surface area contributed by atoms with E-state index in [1.54, 1.807) is 12.1 Å². The zero-order valence-electron chi connectivity index (χ0n) is 12.1. The Labute approximate surface area is 122 Å². The van der Waals surface area contributed by atoms with Gasteiger partial charge in [0.1, 0.15) is 0 Å². The second-order valence-corrected chi connectivity index (χ2v) is 7.50. The molecule has 1 fully saturated rings. The largest absolute Gasteiger partial charge is 0.238 e. The number of sulfonamides is 1. The molecule has 1 aromatic rings. The van der Waals surface area contributed by atoms with Crippen LogP contribution in [0.3, 0.4) is 0 Å². The summed E-state index contributed by atoms with van der Waals surface area (Å²) >= 11 is 0. The van der Waals surface area contributed by atoms with Gasteiger partial charge in [-0.15, -0.1) is 0 Å². The summed E-state index contributed by atoms with van der Waals surface area (Å²) < 4.78 is 22.3. The summed E-state index contributed by atoms with van der Waals surface area (Å²) in [6.45, 7) is 0. The van der Waals surface area contributed by atoms with Gasteiger partial charge in [0.05, 0.1) is 4.90 Å². The molecule has 0 spiro atoms. The minimum absolute atomic E-state index is 0.198. The molecule has 1 aliphatic carbocycles. The summed E-state index contributed by atoms with van der Waals surface area (Å²) in [6, 6.07) is 6.96. The fourth-order valence-electron chi connectivity index (χ4n) is 3.08. The highest BCUT2D eigenvalue weighted by Gasteiger charge is 2.12. The van der Waals surface area contributed by atoms with Crippen molar-refractivity contribution in [3.8, 4) is 0 Å². The average Bonchev–Trinajstić information content (AvgIpc) is 2.44. The number of rotatable bonds is 6. The van der Waals surface area contributed by atoms with Crippen LogP contribution in [0.5, 0.6) is 0 Å². The highest BCUT2D eigenvalue weighted by Crippen LogP contribution is 2.27. The van der Waals surface area contributed by atoms with Crippen LogP contribution >= 0.6 is 0 Å². The lowest BCUT2D eigenvalue weighted by Gasteiger charge is -2.21. The third kappa shape index (κ3) is 4.91. The Balaban J connectivity index is 1.71. The van der Waals surface area contributed by atoms with E-state index < -0.39 is 10.0 Å². The maximum atomic E-state index is 11.2. The first-order chi connectivity index (χ1) is 9.55. The van der Waals surface area contributed by atoms with Crippen molar-refractivity contribution in [3.05, 3.63) is 29.8 Å². The van der Waals surface area contributed by atoms with E-state index in [2.05, 4.69) is 0 Å². The van der Waals surface area contributed by atoms with Gasteiger partial charge in [-0.25, -0.2) is 13.6 Å². The van der Waals surface area contributed by atoms with Gasteiger partial charge in [0, 0.05) is 0 Å².